The molecule has 0 radical (unpaired) electrons. The molecule has 0 N–H and O–H groups in total. The van der Waals surface area contributed by atoms with E-state index in [2.05, 4.69) is 4.98 Å². The topological polar surface area (TPSA) is 93.2 Å². The molecule has 1 atom stereocenters. The first-order valence-corrected chi connectivity index (χ1v) is 8.55. The van der Waals surface area contributed by atoms with E-state index in [1.165, 1.54) is 39.7 Å². The largest absolute Gasteiger partial charge is 0.493 e. The van der Waals surface area contributed by atoms with Gasteiger partial charge in [0.05, 0.1) is 39.2 Å². The van der Waals surface area contributed by atoms with Crippen molar-refractivity contribution in [3.63, 3.8) is 0 Å². The minimum absolute atomic E-state index is 0.123. The second kappa shape index (κ2) is 9.59. The third-order valence-corrected chi connectivity index (χ3v) is 3.92. The van der Waals surface area contributed by atoms with Crippen LogP contribution in [0.25, 0.3) is 0 Å². The lowest BCUT2D eigenvalue weighted by Gasteiger charge is -2.18. The van der Waals surface area contributed by atoms with Crippen LogP contribution in [-0.4, -0.2) is 44.9 Å². The molecule has 0 bridgehead atoms. The molecular formula is C20H23NO7. The number of nitrogens with zero attached hydrogens (tertiary/aromatic N) is 1. The molecule has 1 heterocycles. The molecule has 2 aromatic rings. The highest BCUT2D eigenvalue weighted by molar-refractivity contribution is 5.93. The van der Waals surface area contributed by atoms with Gasteiger partial charge in [-0.1, -0.05) is 6.07 Å². The summed E-state index contributed by atoms with van der Waals surface area (Å²) in [6.45, 7) is 3.58. The van der Waals surface area contributed by atoms with E-state index in [9.17, 15) is 9.59 Å². The maximum absolute atomic E-state index is 12.8. The first kappa shape index (κ1) is 21.0. The van der Waals surface area contributed by atoms with Gasteiger partial charge in [-0.3, -0.25) is 4.98 Å². The van der Waals surface area contributed by atoms with E-state index < -0.39 is 18.0 Å². The summed E-state index contributed by atoms with van der Waals surface area (Å²) in [5.74, 6) is -0.553. The fourth-order valence-corrected chi connectivity index (χ4v) is 2.58. The smallest absolute Gasteiger partial charge is 0.353 e. The highest BCUT2D eigenvalue weighted by Crippen LogP contribution is 2.38. The molecule has 0 aliphatic rings. The van der Waals surface area contributed by atoms with Crippen molar-refractivity contribution in [1.29, 1.82) is 0 Å². The van der Waals surface area contributed by atoms with E-state index in [1.54, 1.807) is 26.0 Å². The second-order valence-corrected chi connectivity index (χ2v) is 5.66. The van der Waals surface area contributed by atoms with E-state index in [1.807, 2.05) is 0 Å². The number of benzene rings is 1. The van der Waals surface area contributed by atoms with E-state index in [0.717, 1.165) is 0 Å². The summed E-state index contributed by atoms with van der Waals surface area (Å²) in [6, 6.07) is 6.37. The maximum Gasteiger partial charge on any atom is 0.353 e. The highest BCUT2D eigenvalue weighted by Gasteiger charge is 2.30. The molecule has 0 saturated heterocycles. The zero-order chi connectivity index (χ0) is 20.7. The van der Waals surface area contributed by atoms with Gasteiger partial charge in [-0.25, -0.2) is 9.59 Å². The zero-order valence-electron chi connectivity index (χ0n) is 16.5. The van der Waals surface area contributed by atoms with Crippen molar-refractivity contribution < 1.29 is 33.3 Å². The Bertz CT molecular complexity index is 825. The molecule has 8 heteroatoms. The Morgan fingerprint density at radius 2 is 1.71 bits per heavy atom. The lowest BCUT2D eigenvalue weighted by atomic mass is 10.1. The zero-order valence-corrected chi connectivity index (χ0v) is 16.5. The SMILES string of the molecule is CCOC(=O)[C@@H](OC(=O)c1cc(OC)c(OC)c(OC)c1)c1ncccc1C. The average molecular weight is 389 g/mol. The molecule has 28 heavy (non-hydrogen) atoms. The lowest BCUT2D eigenvalue weighted by molar-refractivity contribution is -0.154. The molecule has 0 unspecified atom stereocenters. The van der Waals surface area contributed by atoms with Gasteiger partial charge in [0.15, 0.2) is 11.5 Å². The van der Waals surface area contributed by atoms with Gasteiger partial charge in [0.2, 0.25) is 11.9 Å². The predicted molar refractivity (Wildman–Crippen MR) is 99.9 cm³/mol. The number of pyridine rings is 1. The average Bonchev–Trinajstić information content (AvgIpc) is 2.71. The summed E-state index contributed by atoms with van der Waals surface area (Å²) in [4.78, 5) is 29.4. The van der Waals surface area contributed by atoms with Crippen LogP contribution in [0, 0.1) is 6.92 Å². The normalized spacial score (nSPS) is 11.3. The first-order valence-electron chi connectivity index (χ1n) is 8.55. The molecular weight excluding hydrogens is 366 g/mol. The molecule has 0 amide bonds. The molecule has 0 aliphatic heterocycles. The van der Waals surface area contributed by atoms with Crippen LogP contribution in [0.4, 0.5) is 0 Å². The number of esters is 2. The molecule has 150 valence electrons. The summed E-state index contributed by atoms with van der Waals surface area (Å²) >= 11 is 0. The van der Waals surface area contributed by atoms with Crippen molar-refractivity contribution in [1.82, 2.24) is 4.98 Å². The first-order chi connectivity index (χ1) is 13.5. The number of carbonyl (C=O) groups is 2. The number of aryl methyl sites for hydroxylation is 1. The van der Waals surface area contributed by atoms with Crippen molar-refractivity contribution in [3.05, 3.63) is 47.3 Å². The predicted octanol–water partition coefficient (Wildman–Crippen LogP) is 2.88. The molecule has 0 spiro atoms. The van der Waals surface area contributed by atoms with E-state index in [-0.39, 0.29) is 23.7 Å². The van der Waals surface area contributed by atoms with Gasteiger partial charge in [-0.05, 0) is 37.6 Å². The monoisotopic (exact) mass is 389 g/mol. The fourth-order valence-electron chi connectivity index (χ4n) is 2.58. The molecule has 0 fully saturated rings. The van der Waals surface area contributed by atoms with Crippen LogP contribution in [0.1, 0.15) is 34.6 Å². The molecule has 8 nitrogen and oxygen atoms in total. The quantitative estimate of drug-likeness (QED) is 0.636. The number of carbonyl (C=O) groups excluding carboxylic acids is 2. The minimum atomic E-state index is -1.30. The summed E-state index contributed by atoms with van der Waals surface area (Å²) in [6.07, 6.45) is 0.217. The number of ether oxygens (including phenoxy) is 5. The summed E-state index contributed by atoms with van der Waals surface area (Å²) in [7, 11) is 4.33. The Morgan fingerprint density at radius 3 is 2.21 bits per heavy atom. The van der Waals surface area contributed by atoms with Gasteiger partial charge in [0, 0.05) is 6.20 Å². The Kier molecular flexibility index (Phi) is 7.20. The minimum Gasteiger partial charge on any atom is -0.493 e. The van der Waals surface area contributed by atoms with Crippen molar-refractivity contribution in [3.8, 4) is 17.2 Å². The van der Waals surface area contributed by atoms with Crippen molar-refractivity contribution >= 4 is 11.9 Å². The van der Waals surface area contributed by atoms with E-state index >= 15 is 0 Å². The second-order valence-electron chi connectivity index (χ2n) is 5.66. The van der Waals surface area contributed by atoms with Crippen LogP contribution in [0.5, 0.6) is 17.2 Å². The number of methoxy groups -OCH3 is 3. The van der Waals surface area contributed by atoms with Crippen LogP contribution >= 0.6 is 0 Å². The molecule has 1 aromatic carbocycles. The molecule has 0 saturated carbocycles. The number of hydrogen-bond acceptors (Lipinski definition) is 8. The van der Waals surface area contributed by atoms with Gasteiger partial charge in [-0.15, -0.1) is 0 Å². The summed E-state index contributed by atoms with van der Waals surface area (Å²) in [5.41, 5.74) is 1.12. The van der Waals surface area contributed by atoms with Gasteiger partial charge < -0.3 is 23.7 Å². The number of aromatic nitrogens is 1. The van der Waals surface area contributed by atoms with Crippen LogP contribution in [0.15, 0.2) is 30.5 Å². The Morgan fingerprint density at radius 1 is 1.07 bits per heavy atom. The fraction of sp³-hybridized carbons (Fsp3) is 0.350. The lowest BCUT2D eigenvalue weighted by Crippen LogP contribution is -2.24. The third kappa shape index (κ3) is 4.51. The summed E-state index contributed by atoms with van der Waals surface area (Å²) in [5, 5.41) is 0. The molecule has 1 aromatic heterocycles. The van der Waals surface area contributed by atoms with Crippen LogP contribution < -0.4 is 14.2 Å². The third-order valence-electron chi connectivity index (χ3n) is 3.92. The Hall–Kier alpha value is -3.29. The molecule has 2 rings (SSSR count). The van der Waals surface area contributed by atoms with Gasteiger partial charge in [0.25, 0.3) is 0 Å². The maximum atomic E-state index is 12.8. The van der Waals surface area contributed by atoms with Crippen LogP contribution in [0.3, 0.4) is 0 Å². The highest BCUT2D eigenvalue weighted by atomic mass is 16.6. The van der Waals surface area contributed by atoms with Gasteiger partial charge in [0.1, 0.15) is 0 Å². The number of hydrogen-bond donors (Lipinski definition) is 0. The van der Waals surface area contributed by atoms with Gasteiger partial charge in [-0.2, -0.15) is 0 Å². The van der Waals surface area contributed by atoms with Crippen molar-refractivity contribution in [2.45, 2.75) is 20.0 Å². The Balaban J connectivity index is 2.41. The Labute approximate surface area is 163 Å². The van der Waals surface area contributed by atoms with E-state index in [0.29, 0.717) is 17.0 Å². The van der Waals surface area contributed by atoms with Crippen LogP contribution in [-0.2, 0) is 14.3 Å². The van der Waals surface area contributed by atoms with E-state index in [4.69, 9.17) is 23.7 Å². The van der Waals surface area contributed by atoms with Crippen LogP contribution in [0.2, 0.25) is 0 Å². The van der Waals surface area contributed by atoms with Gasteiger partial charge >= 0.3 is 11.9 Å². The standard InChI is InChI=1S/C20H23NO7/c1-6-27-20(23)18(16-12(2)8-7-9-21-16)28-19(22)13-10-14(24-3)17(26-5)15(11-13)25-4/h7-11,18H,6H2,1-5H3/t18-/m0/s1. The summed E-state index contributed by atoms with van der Waals surface area (Å²) < 4.78 is 26.3. The molecule has 0 aliphatic carbocycles. The van der Waals surface area contributed by atoms with Crippen molar-refractivity contribution in [2.75, 3.05) is 27.9 Å². The number of rotatable bonds is 8. The van der Waals surface area contributed by atoms with Crippen molar-refractivity contribution in [2.24, 2.45) is 0 Å².